The lowest BCUT2D eigenvalue weighted by Crippen LogP contribution is -2.40. The first-order valence-electron chi connectivity index (χ1n) is 8.95. The van der Waals surface area contributed by atoms with E-state index in [1.807, 2.05) is 6.07 Å². The number of nitrogens with zero attached hydrogens (tertiary/aromatic N) is 1. The Balaban J connectivity index is 1.66. The van der Waals surface area contributed by atoms with Crippen LogP contribution in [0.3, 0.4) is 0 Å². The van der Waals surface area contributed by atoms with Crippen LogP contribution in [0.2, 0.25) is 0 Å². The standard InChI is InChI=1S/C21H23F2NO2/c1-26-20-17(8-4-10-19(20)23)21(25)24-13-5-6-15(14-24)11-12-16-7-2-3-9-18(16)22/h2-4,7-10,15H,5-6,11-14H2,1H3/t15-/m0/s1. The molecule has 3 nitrogen and oxygen atoms in total. The number of hydrogen-bond donors (Lipinski definition) is 0. The van der Waals surface area contributed by atoms with Gasteiger partial charge < -0.3 is 9.64 Å². The molecule has 138 valence electrons. The van der Waals surface area contributed by atoms with Gasteiger partial charge in [0, 0.05) is 13.1 Å². The van der Waals surface area contributed by atoms with Gasteiger partial charge in [0.1, 0.15) is 5.82 Å². The summed E-state index contributed by atoms with van der Waals surface area (Å²) in [6.45, 7) is 1.25. The molecule has 0 saturated carbocycles. The van der Waals surface area contributed by atoms with Gasteiger partial charge >= 0.3 is 0 Å². The van der Waals surface area contributed by atoms with E-state index in [0.717, 1.165) is 19.3 Å². The molecule has 1 saturated heterocycles. The van der Waals surface area contributed by atoms with E-state index in [4.69, 9.17) is 4.74 Å². The van der Waals surface area contributed by atoms with Crippen LogP contribution in [-0.2, 0) is 6.42 Å². The molecule has 2 aromatic rings. The molecule has 1 amide bonds. The van der Waals surface area contributed by atoms with Gasteiger partial charge in [-0.05, 0) is 55.4 Å². The van der Waals surface area contributed by atoms with E-state index in [1.165, 1.54) is 25.3 Å². The number of carbonyl (C=O) groups excluding carboxylic acids is 1. The van der Waals surface area contributed by atoms with E-state index in [0.29, 0.717) is 31.0 Å². The minimum absolute atomic E-state index is 0.00835. The minimum Gasteiger partial charge on any atom is -0.493 e. The summed E-state index contributed by atoms with van der Waals surface area (Å²) in [5.74, 6) is -0.623. The maximum Gasteiger partial charge on any atom is 0.257 e. The van der Waals surface area contributed by atoms with Gasteiger partial charge in [-0.2, -0.15) is 0 Å². The number of carbonyl (C=O) groups is 1. The number of hydrogen-bond acceptors (Lipinski definition) is 2. The first-order chi connectivity index (χ1) is 12.6. The van der Waals surface area contributed by atoms with Crippen LogP contribution in [-0.4, -0.2) is 31.0 Å². The second-order valence-electron chi connectivity index (χ2n) is 6.71. The Morgan fingerprint density at radius 3 is 2.69 bits per heavy atom. The van der Waals surface area contributed by atoms with Gasteiger partial charge in [0.25, 0.3) is 5.91 Å². The number of piperidine rings is 1. The van der Waals surface area contributed by atoms with Gasteiger partial charge in [0.15, 0.2) is 11.6 Å². The number of rotatable bonds is 5. The van der Waals surface area contributed by atoms with E-state index in [-0.39, 0.29) is 23.0 Å². The quantitative estimate of drug-likeness (QED) is 0.789. The van der Waals surface area contributed by atoms with Crippen LogP contribution < -0.4 is 4.74 Å². The molecule has 0 radical (unpaired) electrons. The molecule has 0 spiro atoms. The number of methoxy groups -OCH3 is 1. The van der Waals surface area contributed by atoms with Gasteiger partial charge in [0.05, 0.1) is 12.7 Å². The summed E-state index contributed by atoms with van der Waals surface area (Å²) in [4.78, 5) is 14.6. The third-order valence-corrected chi connectivity index (χ3v) is 4.99. The predicted molar refractivity (Wildman–Crippen MR) is 96.3 cm³/mol. The van der Waals surface area contributed by atoms with Crippen LogP contribution in [0.4, 0.5) is 8.78 Å². The summed E-state index contributed by atoms with van der Waals surface area (Å²) in [5, 5.41) is 0. The molecular formula is C21H23F2NO2. The second-order valence-corrected chi connectivity index (χ2v) is 6.71. The predicted octanol–water partition coefficient (Wildman–Crippen LogP) is 4.46. The zero-order valence-corrected chi connectivity index (χ0v) is 14.9. The fraction of sp³-hybridized carbons (Fsp3) is 0.381. The maximum atomic E-state index is 13.9. The second kappa shape index (κ2) is 8.30. The lowest BCUT2D eigenvalue weighted by molar-refractivity contribution is 0.0664. The van der Waals surface area contributed by atoms with Crippen LogP contribution >= 0.6 is 0 Å². The Morgan fingerprint density at radius 2 is 1.92 bits per heavy atom. The number of likely N-dealkylation sites (tertiary alicyclic amines) is 1. The van der Waals surface area contributed by atoms with Crippen molar-refractivity contribution >= 4 is 5.91 Å². The van der Waals surface area contributed by atoms with Crippen molar-refractivity contribution in [1.82, 2.24) is 4.90 Å². The molecule has 26 heavy (non-hydrogen) atoms. The van der Waals surface area contributed by atoms with Crippen molar-refractivity contribution in [2.24, 2.45) is 5.92 Å². The zero-order chi connectivity index (χ0) is 18.5. The average Bonchev–Trinajstić information content (AvgIpc) is 2.67. The van der Waals surface area contributed by atoms with Crippen molar-refractivity contribution in [2.75, 3.05) is 20.2 Å². The van der Waals surface area contributed by atoms with Gasteiger partial charge in [0.2, 0.25) is 0 Å². The van der Waals surface area contributed by atoms with Crippen molar-refractivity contribution in [2.45, 2.75) is 25.7 Å². The number of ether oxygens (including phenoxy) is 1. The Morgan fingerprint density at radius 1 is 1.15 bits per heavy atom. The van der Waals surface area contributed by atoms with E-state index in [2.05, 4.69) is 0 Å². The molecule has 0 bridgehead atoms. The zero-order valence-electron chi connectivity index (χ0n) is 14.9. The summed E-state index contributed by atoms with van der Waals surface area (Å²) in [6, 6.07) is 11.2. The molecule has 2 aromatic carbocycles. The van der Waals surface area contributed by atoms with Gasteiger partial charge in [-0.3, -0.25) is 4.79 Å². The molecule has 5 heteroatoms. The minimum atomic E-state index is -0.536. The van der Waals surface area contributed by atoms with Gasteiger partial charge in [-0.25, -0.2) is 8.78 Å². The van der Waals surface area contributed by atoms with Crippen LogP contribution in [0.15, 0.2) is 42.5 Å². The highest BCUT2D eigenvalue weighted by Gasteiger charge is 2.27. The van der Waals surface area contributed by atoms with Crippen molar-refractivity contribution < 1.29 is 18.3 Å². The van der Waals surface area contributed by atoms with Crippen molar-refractivity contribution in [3.63, 3.8) is 0 Å². The molecule has 0 aliphatic carbocycles. The van der Waals surface area contributed by atoms with Crippen molar-refractivity contribution in [1.29, 1.82) is 0 Å². The van der Waals surface area contributed by atoms with Crippen molar-refractivity contribution in [3.05, 3.63) is 65.2 Å². The first kappa shape index (κ1) is 18.4. The molecule has 3 rings (SSSR count). The maximum absolute atomic E-state index is 13.9. The molecule has 1 heterocycles. The van der Waals surface area contributed by atoms with E-state index in [1.54, 1.807) is 23.1 Å². The molecule has 1 atom stereocenters. The van der Waals surface area contributed by atoms with Crippen LogP contribution in [0.5, 0.6) is 5.75 Å². The third kappa shape index (κ3) is 4.03. The highest BCUT2D eigenvalue weighted by molar-refractivity contribution is 5.97. The third-order valence-electron chi connectivity index (χ3n) is 4.99. The number of para-hydroxylation sites is 1. The Kier molecular flexibility index (Phi) is 5.86. The lowest BCUT2D eigenvalue weighted by atomic mass is 9.91. The summed E-state index contributed by atoms with van der Waals surface area (Å²) < 4.78 is 32.7. The van der Waals surface area contributed by atoms with Gasteiger partial charge in [-0.1, -0.05) is 24.3 Å². The number of benzene rings is 2. The molecule has 1 aliphatic rings. The Bertz CT molecular complexity index is 778. The summed E-state index contributed by atoms with van der Waals surface area (Å²) in [6.07, 6.45) is 3.39. The fourth-order valence-electron chi connectivity index (χ4n) is 3.60. The number of aryl methyl sites for hydroxylation is 1. The topological polar surface area (TPSA) is 29.5 Å². The van der Waals surface area contributed by atoms with Crippen LogP contribution in [0.25, 0.3) is 0 Å². The SMILES string of the molecule is COc1c(F)cccc1C(=O)N1CCC[C@@H](CCc2ccccc2F)C1. The van der Waals surface area contributed by atoms with Crippen molar-refractivity contribution in [3.8, 4) is 5.75 Å². The normalized spacial score (nSPS) is 17.2. The monoisotopic (exact) mass is 359 g/mol. The largest absolute Gasteiger partial charge is 0.493 e. The molecule has 0 aromatic heterocycles. The first-order valence-corrected chi connectivity index (χ1v) is 8.95. The Hall–Kier alpha value is -2.43. The molecule has 1 fully saturated rings. The summed E-state index contributed by atoms with van der Waals surface area (Å²) >= 11 is 0. The molecule has 0 unspecified atom stereocenters. The lowest BCUT2D eigenvalue weighted by Gasteiger charge is -2.33. The average molecular weight is 359 g/mol. The Labute approximate surface area is 152 Å². The summed E-state index contributed by atoms with van der Waals surface area (Å²) in [5.41, 5.74) is 0.963. The summed E-state index contributed by atoms with van der Waals surface area (Å²) in [7, 11) is 1.36. The fourth-order valence-corrected chi connectivity index (χ4v) is 3.60. The van der Waals surface area contributed by atoms with Gasteiger partial charge in [-0.15, -0.1) is 0 Å². The van der Waals surface area contributed by atoms with E-state index >= 15 is 0 Å². The highest BCUT2D eigenvalue weighted by atomic mass is 19.1. The molecular weight excluding hydrogens is 336 g/mol. The molecule has 1 aliphatic heterocycles. The van der Waals surface area contributed by atoms with E-state index in [9.17, 15) is 13.6 Å². The van der Waals surface area contributed by atoms with Crippen LogP contribution in [0, 0.1) is 17.6 Å². The number of halogens is 2. The van der Waals surface area contributed by atoms with E-state index < -0.39 is 5.82 Å². The number of amides is 1. The molecule has 0 N–H and O–H groups in total. The van der Waals surface area contributed by atoms with Crippen LogP contribution in [0.1, 0.15) is 35.2 Å². The highest BCUT2D eigenvalue weighted by Crippen LogP contribution is 2.27. The smallest absolute Gasteiger partial charge is 0.257 e.